The summed E-state index contributed by atoms with van der Waals surface area (Å²) in [6.07, 6.45) is 3.25. The summed E-state index contributed by atoms with van der Waals surface area (Å²) in [5, 5.41) is 1.05. The monoisotopic (exact) mass is 209 g/mol. The number of nitrogens with zero attached hydrogens (tertiary/aromatic N) is 1. The molecule has 0 aliphatic carbocycles. The number of fused-ring (bicyclic) bond motifs is 1. The number of rotatable bonds is 3. The highest BCUT2D eigenvalue weighted by Gasteiger charge is 2.06. The molecule has 3 heteroatoms. The van der Waals surface area contributed by atoms with Crippen LogP contribution in [-0.4, -0.2) is 4.98 Å². The average Bonchev–Trinajstić information content (AvgIpc) is 2.59. The second-order valence-corrected chi connectivity index (χ2v) is 4.38. The minimum atomic E-state index is -0.150. The highest BCUT2D eigenvalue weighted by atomic mass is 32.1. The van der Waals surface area contributed by atoms with Crippen molar-refractivity contribution in [2.45, 2.75) is 26.2 Å². The van der Waals surface area contributed by atoms with Crippen LogP contribution in [0.25, 0.3) is 10.2 Å². The van der Waals surface area contributed by atoms with Gasteiger partial charge in [0.15, 0.2) is 0 Å². The largest absolute Gasteiger partial charge is 0.241 e. The van der Waals surface area contributed by atoms with Crippen molar-refractivity contribution in [2.24, 2.45) is 0 Å². The van der Waals surface area contributed by atoms with Gasteiger partial charge in [-0.15, -0.1) is 11.3 Å². The molecule has 2 aromatic rings. The van der Waals surface area contributed by atoms with Crippen molar-refractivity contribution in [3.05, 3.63) is 29.0 Å². The molecule has 0 atom stereocenters. The number of hydrogen-bond donors (Lipinski definition) is 0. The molecule has 0 fully saturated rings. The average molecular weight is 209 g/mol. The second-order valence-electron chi connectivity index (χ2n) is 3.30. The number of benzene rings is 1. The third kappa shape index (κ3) is 1.77. The molecule has 0 aliphatic heterocycles. The van der Waals surface area contributed by atoms with Gasteiger partial charge in [-0.1, -0.05) is 19.4 Å². The smallest absolute Gasteiger partial charge is 0.142 e. The maximum atomic E-state index is 13.3. The van der Waals surface area contributed by atoms with Crippen LogP contribution in [0.2, 0.25) is 0 Å². The van der Waals surface area contributed by atoms with E-state index in [0.29, 0.717) is 4.70 Å². The van der Waals surface area contributed by atoms with Crippen LogP contribution in [-0.2, 0) is 6.42 Å². The lowest BCUT2D eigenvalue weighted by molar-refractivity contribution is 0.641. The van der Waals surface area contributed by atoms with Gasteiger partial charge in [0.25, 0.3) is 0 Å². The molecule has 1 heterocycles. The predicted octanol–water partition coefficient (Wildman–Crippen LogP) is 3.78. The van der Waals surface area contributed by atoms with Crippen LogP contribution >= 0.6 is 11.3 Å². The van der Waals surface area contributed by atoms with Crippen LogP contribution in [0.1, 0.15) is 24.8 Å². The Hall–Kier alpha value is -0.960. The molecular formula is C11H12FNS. The van der Waals surface area contributed by atoms with E-state index in [1.165, 1.54) is 17.4 Å². The van der Waals surface area contributed by atoms with Crippen LogP contribution in [0.15, 0.2) is 18.2 Å². The lowest BCUT2D eigenvalue weighted by atomic mass is 10.3. The van der Waals surface area contributed by atoms with E-state index in [2.05, 4.69) is 11.9 Å². The number of unbranched alkanes of at least 4 members (excludes halogenated alkanes) is 1. The standard InChI is InChI=1S/C11H12FNS/c1-2-3-7-10-13-9-6-4-5-8(12)11(9)14-10/h4-6H,2-3,7H2,1H3. The van der Waals surface area contributed by atoms with Gasteiger partial charge in [-0.2, -0.15) is 0 Å². The van der Waals surface area contributed by atoms with Gasteiger partial charge in [0.1, 0.15) is 5.82 Å². The topological polar surface area (TPSA) is 12.9 Å². The quantitative estimate of drug-likeness (QED) is 0.749. The first-order valence-electron chi connectivity index (χ1n) is 4.85. The molecule has 0 amide bonds. The van der Waals surface area contributed by atoms with Crippen LogP contribution in [0.3, 0.4) is 0 Å². The molecule has 1 nitrogen and oxygen atoms in total. The maximum absolute atomic E-state index is 13.3. The van der Waals surface area contributed by atoms with E-state index in [1.807, 2.05) is 6.07 Å². The number of hydrogen-bond acceptors (Lipinski definition) is 2. The summed E-state index contributed by atoms with van der Waals surface area (Å²) in [7, 11) is 0. The SMILES string of the molecule is CCCCc1nc2cccc(F)c2s1. The van der Waals surface area contributed by atoms with Crippen molar-refractivity contribution in [3.8, 4) is 0 Å². The summed E-state index contributed by atoms with van der Waals surface area (Å²) < 4.78 is 14.0. The number of halogens is 1. The van der Waals surface area contributed by atoms with Crippen molar-refractivity contribution >= 4 is 21.6 Å². The Labute approximate surface area is 86.6 Å². The van der Waals surface area contributed by atoms with Gasteiger partial charge < -0.3 is 0 Å². The van der Waals surface area contributed by atoms with Gasteiger partial charge in [-0.3, -0.25) is 0 Å². The lowest BCUT2D eigenvalue weighted by Gasteiger charge is -1.89. The van der Waals surface area contributed by atoms with E-state index < -0.39 is 0 Å². The molecule has 1 aromatic heterocycles. The van der Waals surface area contributed by atoms with E-state index in [-0.39, 0.29) is 5.82 Å². The van der Waals surface area contributed by atoms with Gasteiger partial charge in [0, 0.05) is 0 Å². The zero-order valence-electron chi connectivity index (χ0n) is 8.09. The van der Waals surface area contributed by atoms with Gasteiger partial charge >= 0.3 is 0 Å². The third-order valence-electron chi connectivity index (χ3n) is 2.16. The first kappa shape index (κ1) is 9.59. The summed E-state index contributed by atoms with van der Waals surface area (Å²) >= 11 is 1.48. The molecule has 1 aromatic carbocycles. The van der Waals surface area contributed by atoms with Gasteiger partial charge in [-0.05, 0) is 25.0 Å². The lowest BCUT2D eigenvalue weighted by Crippen LogP contribution is -1.81. The highest BCUT2D eigenvalue weighted by Crippen LogP contribution is 2.25. The number of thiazole rings is 1. The Morgan fingerprint density at radius 1 is 1.43 bits per heavy atom. The Morgan fingerprint density at radius 2 is 2.29 bits per heavy atom. The zero-order chi connectivity index (χ0) is 9.97. The van der Waals surface area contributed by atoms with Crippen molar-refractivity contribution in [1.29, 1.82) is 0 Å². The van der Waals surface area contributed by atoms with Crippen LogP contribution < -0.4 is 0 Å². The molecule has 0 saturated heterocycles. The fourth-order valence-electron chi connectivity index (χ4n) is 1.40. The molecule has 74 valence electrons. The van der Waals surface area contributed by atoms with Gasteiger partial charge in [-0.25, -0.2) is 9.37 Å². The van der Waals surface area contributed by atoms with E-state index in [4.69, 9.17) is 0 Å². The molecule has 0 radical (unpaired) electrons. The number of aromatic nitrogens is 1. The molecule has 0 bridgehead atoms. The molecule has 14 heavy (non-hydrogen) atoms. The number of aryl methyl sites for hydroxylation is 1. The zero-order valence-corrected chi connectivity index (χ0v) is 8.90. The van der Waals surface area contributed by atoms with Crippen LogP contribution in [0, 0.1) is 5.82 Å². The predicted molar refractivity (Wildman–Crippen MR) is 58.2 cm³/mol. The van der Waals surface area contributed by atoms with Crippen molar-refractivity contribution < 1.29 is 4.39 Å². The van der Waals surface area contributed by atoms with Gasteiger partial charge in [0.2, 0.25) is 0 Å². The Morgan fingerprint density at radius 3 is 3.00 bits per heavy atom. The van der Waals surface area contributed by atoms with Crippen molar-refractivity contribution in [3.63, 3.8) is 0 Å². The Bertz CT molecular complexity index is 436. The first-order chi connectivity index (χ1) is 6.81. The van der Waals surface area contributed by atoms with E-state index in [0.717, 1.165) is 29.8 Å². The van der Waals surface area contributed by atoms with Gasteiger partial charge in [0.05, 0.1) is 15.2 Å². The summed E-state index contributed by atoms with van der Waals surface area (Å²) in [4.78, 5) is 4.39. The fraction of sp³-hybridized carbons (Fsp3) is 0.364. The second kappa shape index (κ2) is 4.05. The van der Waals surface area contributed by atoms with Crippen molar-refractivity contribution in [2.75, 3.05) is 0 Å². The molecule has 0 saturated carbocycles. The highest BCUT2D eigenvalue weighted by molar-refractivity contribution is 7.18. The third-order valence-corrected chi connectivity index (χ3v) is 3.29. The van der Waals surface area contributed by atoms with Crippen molar-refractivity contribution in [1.82, 2.24) is 4.98 Å². The molecule has 0 spiro atoms. The minimum Gasteiger partial charge on any atom is -0.241 e. The molecule has 0 aliphatic rings. The van der Waals surface area contributed by atoms with Crippen LogP contribution in [0.4, 0.5) is 4.39 Å². The molecule has 2 rings (SSSR count). The van der Waals surface area contributed by atoms with E-state index in [1.54, 1.807) is 6.07 Å². The van der Waals surface area contributed by atoms with E-state index >= 15 is 0 Å². The molecule has 0 unspecified atom stereocenters. The fourth-order valence-corrected chi connectivity index (χ4v) is 2.41. The maximum Gasteiger partial charge on any atom is 0.142 e. The van der Waals surface area contributed by atoms with E-state index in [9.17, 15) is 4.39 Å². The summed E-state index contributed by atoms with van der Waals surface area (Å²) in [6, 6.07) is 5.06. The normalized spacial score (nSPS) is 11.0. The summed E-state index contributed by atoms with van der Waals surface area (Å²) in [5.74, 6) is -0.150. The molecule has 0 N–H and O–H groups in total. The Balaban J connectivity index is 2.36. The molecular weight excluding hydrogens is 197 g/mol. The Kier molecular flexibility index (Phi) is 2.77. The summed E-state index contributed by atoms with van der Waals surface area (Å²) in [5.41, 5.74) is 0.793. The first-order valence-corrected chi connectivity index (χ1v) is 5.67. The summed E-state index contributed by atoms with van der Waals surface area (Å²) in [6.45, 7) is 2.15. The minimum absolute atomic E-state index is 0.150. The van der Waals surface area contributed by atoms with Crippen LogP contribution in [0.5, 0.6) is 0 Å².